The van der Waals surface area contributed by atoms with Gasteiger partial charge in [-0.05, 0) is 37.1 Å². The van der Waals surface area contributed by atoms with Crippen LogP contribution in [-0.4, -0.2) is 37.1 Å². The Labute approximate surface area is 115 Å². The maximum absolute atomic E-state index is 3.65. The lowest BCUT2D eigenvalue weighted by Crippen LogP contribution is -2.46. The zero-order valence-corrected chi connectivity index (χ0v) is 13.3. The summed E-state index contributed by atoms with van der Waals surface area (Å²) in [6, 6.07) is 0.599. The molecule has 2 nitrogen and oxygen atoms in total. The van der Waals surface area contributed by atoms with E-state index in [0.29, 0.717) is 11.5 Å². The maximum atomic E-state index is 3.65. The van der Waals surface area contributed by atoms with Gasteiger partial charge in [0.2, 0.25) is 0 Å². The van der Waals surface area contributed by atoms with E-state index >= 15 is 0 Å². The number of nitrogens with one attached hydrogen (secondary N) is 1. The monoisotopic (exact) mass is 254 g/mol. The van der Waals surface area contributed by atoms with Crippen molar-refractivity contribution in [2.24, 2.45) is 11.3 Å². The lowest BCUT2D eigenvalue weighted by atomic mass is 9.83. The van der Waals surface area contributed by atoms with E-state index in [4.69, 9.17) is 0 Å². The molecule has 2 heteroatoms. The molecule has 2 atom stereocenters. The van der Waals surface area contributed by atoms with Crippen molar-refractivity contribution in [3.05, 3.63) is 0 Å². The van der Waals surface area contributed by atoms with Crippen molar-refractivity contribution < 1.29 is 0 Å². The third-order valence-electron chi connectivity index (χ3n) is 4.14. The summed E-state index contributed by atoms with van der Waals surface area (Å²) in [7, 11) is 0. The maximum Gasteiger partial charge on any atom is 0.00476 e. The summed E-state index contributed by atoms with van der Waals surface area (Å²) >= 11 is 0. The van der Waals surface area contributed by atoms with Gasteiger partial charge in [0.1, 0.15) is 0 Å². The fourth-order valence-corrected chi connectivity index (χ4v) is 3.25. The summed E-state index contributed by atoms with van der Waals surface area (Å²) in [6.45, 7) is 16.7. The Bertz CT molecular complexity index is 227. The van der Waals surface area contributed by atoms with Crippen molar-refractivity contribution in [3.8, 4) is 0 Å². The molecule has 1 aliphatic heterocycles. The van der Waals surface area contributed by atoms with E-state index < -0.39 is 0 Å². The number of nitrogens with zero attached hydrogens (tertiary/aromatic N) is 1. The highest BCUT2D eigenvalue weighted by molar-refractivity contribution is 4.83. The minimum absolute atomic E-state index is 0.441. The molecule has 108 valence electrons. The van der Waals surface area contributed by atoms with Gasteiger partial charge in [-0.2, -0.15) is 0 Å². The van der Waals surface area contributed by atoms with Crippen LogP contribution in [0.4, 0.5) is 0 Å². The average Bonchev–Trinajstić information content (AvgIpc) is 2.27. The molecule has 0 radical (unpaired) electrons. The summed E-state index contributed by atoms with van der Waals surface area (Å²) in [6.07, 6.45) is 5.43. The van der Waals surface area contributed by atoms with E-state index in [1.165, 1.54) is 45.3 Å². The normalized spacial score (nSPS) is 25.3. The molecule has 0 aromatic heterocycles. The van der Waals surface area contributed by atoms with Crippen LogP contribution in [0.15, 0.2) is 0 Å². The van der Waals surface area contributed by atoms with Gasteiger partial charge in [0.25, 0.3) is 0 Å². The number of hydrogen-bond acceptors (Lipinski definition) is 2. The minimum atomic E-state index is 0.441. The van der Waals surface area contributed by atoms with Gasteiger partial charge in [0, 0.05) is 25.7 Å². The molecule has 0 amide bonds. The summed E-state index contributed by atoms with van der Waals surface area (Å²) < 4.78 is 0. The van der Waals surface area contributed by atoms with Gasteiger partial charge >= 0.3 is 0 Å². The van der Waals surface area contributed by atoms with Gasteiger partial charge in [0.05, 0.1) is 0 Å². The van der Waals surface area contributed by atoms with E-state index in [1.54, 1.807) is 0 Å². The van der Waals surface area contributed by atoms with Crippen LogP contribution in [0.5, 0.6) is 0 Å². The first-order valence-electron chi connectivity index (χ1n) is 7.91. The number of piperidine rings is 1. The second kappa shape index (κ2) is 7.49. The molecular weight excluding hydrogens is 220 g/mol. The van der Waals surface area contributed by atoms with Crippen LogP contribution in [0.25, 0.3) is 0 Å². The zero-order valence-electron chi connectivity index (χ0n) is 13.3. The third kappa shape index (κ3) is 5.71. The third-order valence-corrected chi connectivity index (χ3v) is 4.14. The van der Waals surface area contributed by atoms with Crippen molar-refractivity contribution in [2.75, 3.05) is 26.2 Å². The molecule has 0 saturated carbocycles. The predicted octanol–water partition coefficient (Wildman–Crippen LogP) is 3.52. The number of rotatable bonds is 7. The highest BCUT2D eigenvalue weighted by Gasteiger charge is 2.28. The molecular formula is C16H34N2. The van der Waals surface area contributed by atoms with E-state index in [0.717, 1.165) is 12.5 Å². The van der Waals surface area contributed by atoms with Crippen molar-refractivity contribution in [1.29, 1.82) is 0 Å². The molecule has 1 rings (SSSR count). The first kappa shape index (κ1) is 16.0. The van der Waals surface area contributed by atoms with Gasteiger partial charge < -0.3 is 10.2 Å². The molecule has 1 aliphatic rings. The van der Waals surface area contributed by atoms with E-state index in [2.05, 4.69) is 44.8 Å². The molecule has 18 heavy (non-hydrogen) atoms. The van der Waals surface area contributed by atoms with Gasteiger partial charge in [-0.15, -0.1) is 0 Å². The van der Waals surface area contributed by atoms with Crippen molar-refractivity contribution in [2.45, 2.75) is 66.3 Å². The molecule has 1 N–H and O–H groups in total. The van der Waals surface area contributed by atoms with Gasteiger partial charge in [-0.1, -0.05) is 41.0 Å². The summed E-state index contributed by atoms with van der Waals surface area (Å²) in [4.78, 5) is 2.70. The fraction of sp³-hybridized carbons (Fsp3) is 1.00. The smallest absolute Gasteiger partial charge is 0.00476 e. The van der Waals surface area contributed by atoms with Crippen LogP contribution in [0, 0.1) is 11.3 Å². The molecule has 0 aliphatic carbocycles. The topological polar surface area (TPSA) is 15.3 Å². The molecule has 1 fully saturated rings. The largest absolute Gasteiger partial charge is 0.314 e. The Morgan fingerprint density at radius 3 is 2.67 bits per heavy atom. The molecule has 2 unspecified atom stereocenters. The van der Waals surface area contributed by atoms with Crippen LogP contribution in [0.2, 0.25) is 0 Å². The standard InChI is InChI=1S/C16H34N2/c1-6-9-16(5,12-17-14(2)3)13-18-10-7-8-15(4)11-18/h14-15,17H,6-13H2,1-5H3. The lowest BCUT2D eigenvalue weighted by Gasteiger charge is -2.39. The van der Waals surface area contributed by atoms with Crippen LogP contribution in [0.1, 0.15) is 60.3 Å². The molecule has 1 heterocycles. The molecule has 0 aromatic rings. The van der Waals surface area contributed by atoms with Gasteiger partial charge in [0.15, 0.2) is 0 Å². The zero-order chi connectivity index (χ0) is 13.6. The Kier molecular flexibility index (Phi) is 6.65. The Morgan fingerprint density at radius 1 is 1.39 bits per heavy atom. The summed E-state index contributed by atoms with van der Waals surface area (Å²) in [5.41, 5.74) is 0.441. The van der Waals surface area contributed by atoms with Crippen LogP contribution in [-0.2, 0) is 0 Å². The Hall–Kier alpha value is -0.0800. The van der Waals surface area contributed by atoms with E-state index in [-0.39, 0.29) is 0 Å². The van der Waals surface area contributed by atoms with Gasteiger partial charge in [-0.25, -0.2) is 0 Å². The average molecular weight is 254 g/mol. The first-order valence-corrected chi connectivity index (χ1v) is 7.91. The second-order valence-electron chi connectivity index (χ2n) is 7.08. The second-order valence-corrected chi connectivity index (χ2v) is 7.08. The molecule has 1 saturated heterocycles. The van der Waals surface area contributed by atoms with Crippen LogP contribution in [0.3, 0.4) is 0 Å². The number of hydrogen-bond donors (Lipinski definition) is 1. The van der Waals surface area contributed by atoms with Crippen LogP contribution < -0.4 is 5.32 Å². The molecule has 0 aromatic carbocycles. The van der Waals surface area contributed by atoms with Crippen LogP contribution >= 0.6 is 0 Å². The molecule has 0 bridgehead atoms. The van der Waals surface area contributed by atoms with Crippen molar-refractivity contribution in [3.63, 3.8) is 0 Å². The first-order chi connectivity index (χ1) is 8.45. The van der Waals surface area contributed by atoms with Crippen molar-refractivity contribution in [1.82, 2.24) is 10.2 Å². The Balaban J connectivity index is 2.49. The summed E-state index contributed by atoms with van der Waals surface area (Å²) in [5, 5.41) is 3.65. The number of likely N-dealkylation sites (tertiary alicyclic amines) is 1. The lowest BCUT2D eigenvalue weighted by molar-refractivity contribution is 0.107. The quantitative estimate of drug-likeness (QED) is 0.748. The SMILES string of the molecule is CCCC(C)(CNC(C)C)CN1CCCC(C)C1. The highest BCUT2D eigenvalue weighted by atomic mass is 15.1. The van der Waals surface area contributed by atoms with Gasteiger partial charge in [-0.3, -0.25) is 0 Å². The van der Waals surface area contributed by atoms with E-state index in [9.17, 15) is 0 Å². The predicted molar refractivity (Wildman–Crippen MR) is 81.0 cm³/mol. The Morgan fingerprint density at radius 2 is 2.11 bits per heavy atom. The highest BCUT2D eigenvalue weighted by Crippen LogP contribution is 2.26. The summed E-state index contributed by atoms with van der Waals surface area (Å²) in [5.74, 6) is 0.891. The fourth-order valence-electron chi connectivity index (χ4n) is 3.25. The van der Waals surface area contributed by atoms with Crippen molar-refractivity contribution >= 4 is 0 Å². The van der Waals surface area contributed by atoms with E-state index in [1.807, 2.05) is 0 Å². The molecule has 0 spiro atoms. The minimum Gasteiger partial charge on any atom is -0.314 e.